The summed E-state index contributed by atoms with van der Waals surface area (Å²) in [6.07, 6.45) is 3.57. The van der Waals surface area contributed by atoms with E-state index in [-0.39, 0.29) is 11.7 Å². The zero-order chi connectivity index (χ0) is 38.7. The molecule has 57 heavy (non-hydrogen) atoms. The zero-order valence-corrected chi connectivity index (χ0v) is 30.5. The molecular formula is C44H32FN11O. The fraction of sp³-hybridized carbons (Fsp3) is 0.0682. The van der Waals surface area contributed by atoms with Crippen molar-refractivity contribution in [3.63, 3.8) is 0 Å². The molecular weight excluding hydrogens is 718 g/mol. The molecule has 0 bridgehead atoms. The van der Waals surface area contributed by atoms with Gasteiger partial charge in [0.05, 0.1) is 35.5 Å². The minimum absolute atomic E-state index is 0.108. The summed E-state index contributed by atoms with van der Waals surface area (Å²) in [7, 11) is 0. The van der Waals surface area contributed by atoms with Gasteiger partial charge in [-0.3, -0.25) is 14.8 Å². The number of hydrogen-bond acceptors (Lipinski definition) is 9. The number of carbonyl (C=O) groups is 1. The number of nitrogens with one attached hydrogen (secondary N) is 1. The molecule has 13 heteroatoms. The van der Waals surface area contributed by atoms with Crippen LogP contribution in [0.5, 0.6) is 0 Å². The second-order valence-corrected chi connectivity index (χ2v) is 13.4. The Balaban J connectivity index is 0.000000149. The van der Waals surface area contributed by atoms with E-state index in [2.05, 4.69) is 53.0 Å². The molecule has 10 rings (SSSR count). The lowest BCUT2D eigenvalue weighted by Gasteiger charge is -2.07. The number of hydrogen-bond donors (Lipinski definition) is 1. The fourth-order valence-corrected chi connectivity index (χ4v) is 6.65. The van der Waals surface area contributed by atoms with E-state index in [1.807, 2.05) is 91.0 Å². The molecule has 0 saturated carbocycles. The van der Waals surface area contributed by atoms with E-state index in [0.717, 1.165) is 55.4 Å². The monoisotopic (exact) mass is 749 g/mol. The smallest absolute Gasteiger partial charge is 0.221 e. The van der Waals surface area contributed by atoms with Gasteiger partial charge in [-0.15, -0.1) is 10.2 Å². The van der Waals surface area contributed by atoms with Crippen molar-refractivity contribution in [3.05, 3.63) is 163 Å². The number of fused-ring (bicyclic) bond motifs is 4. The van der Waals surface area contributed by atoms with Gasteiger partial charge in [-0.2, -0.15) is 0 Å². The lowest BCUT2D eigenvalue weighted by atomic mass is 10.1. The van der Waals surface area contributed by atoms with Gasteiger partial charge < -0.3 is 5.32 Å². The number of aromatic nitrogens is 10. The Bertz CT molecular complexity index is 3090. The Labute approximate surface area is 324 Å². The summed E-state index contributed by atoms with van der Waals surface area (Å²) in [5.74, 6) is -0.408. The molecule has 6 heterocycles. The summed E-state index contributed by atoms with van der Waals surface area (Å²) in [6, 6.07) is 41.8. The molecule has 0 fully saturated rings. The van der Waals surface area contributed by atoms with Crippen molar-refractivity contribution in [1.82, 2.24) is 49.9 Å². The standard InChI is InChI=1S/C23H18N6O.C21H14FN5/c1-15(30)25-19-6-2-4-18(13-19)21-9-10-22-23(26-21)29(28-27-22)14-16-7-8-20-17(12-16)5-3-11-24-20;22-17-6-2-1-5-16(17)19-9-10-20-21(24-19)27(26-25-20)13-14-7-8-18-15(12-14)4-3-11-23-18/h2-13H,14H2,1H3,(H,25,30);1-12H,13H2. The topological polar surface area (TPSA) is 142 Å². The van der Waals surface area contributed by atoms with Gasteiger partial charge >= 0.3 is 0 Å². The van der Waals surface area contributed by atoms with E-state index in [1.54, 1.807) is 46.0 Å². The average Bonchev–Trinajstić information content (AvgIpc) is 3.83. The quantitative estimate of drug-likeness (QED) is 0.170. The Kier molecular flexibility index (Phi) is 9.28. The highest BCUT2D eigenvalue weighted by Gasteiger charge is 2.13. The fourth-order valence-electron chi connectivity index (χ4n) is 6.65. The number of halogens is 1. The van der Waals surface area contributed by atoms with Crippen LogP contribution in [-0.4, -0.2) is 55.8 Å². The molecule has 0 unspecified atom stereocenters. The first-order chi connectivity index (χ1) is 27.9. The molecule has 0 aliphatic carbocycles. The van der Waals surface area contributed by atoms with Crippen molar-refractivity contribution in [3.8, 4) is 22.5 Å². The lowest BCUT2D eigenvalue weighted by Crippen LogP contribution is -2.05. The van der Waals surface area contributed by atoms with E-state index in [0.29, 0.717) is 41.2 Å². The Hall–Kier alpha value is -7.80. The highest BCUT2D eigenvalue weighted by Crippen LogP contribution is 2.25. The van der Waals surface area contributed by atoms with Gasteiger partial charge in [0.2, 0.25) is 5.91 Å². The van der Waals surface area contributed by atoms with Gasteiger partial charge in [-0.1, -0.05) is 59.0 Å². The van der Waals surface area contributed by atoms with Crippen LogP contribution in [0.25, 0.3) is 66.6 Å². The van der Waals surface area contributed by atoms with Gasteiger partial charge in [-0.05, 0) is 96.1 Å². The van der Waals surface area contributed by atoms with Crippen LogP contribution in [0.3, 0.4) is 0 Å². The maximum Gasteiger partial charge on any atom is 0.221 e. The third-order valence-corrected chi connectivity index (χ3v) is 9.35. The van der Waals surface area contributed by atoms with Crippen molar-refractivity contribution in [2.75, 3.05) is 5.32 Å². The van der Waals surface area contributed by atoms with E-state index < -0.39 is 0 Å². The normalized spacial score (nSPS) is 11.2. The molecule has 0 aliphatic rings. The summed E-state index contributed by atoms with van der Waals surface area (Å²) >= 11 is 0. The first kappa shape index (κ1) is 34.9. The van der Waals surface area contributed by atoms with E-state index >= 15 is 0 Å². The van der Waals surface area contributed by atoms with Crippen molar-refractivity contribution in [1.29, 1.82) is 0 Å². The van der Waals surface area contributed by atoms with Gasteiger partial charge in [0.15, 0.2) is 11.3 Å². The predicted molar refractivity (Wildman–Crippen MR) is 217 cm³/mol. The summed E-state index contributed by atoms with van der Waals surface area (Å²) in [6.45, 7) is 2.57. The number of anilines is 1. The Morgan fingerprint density at radius 3 is 1.79 bits per heavy atom. The maximum atomic E-state index is 14.1. The number of amides is 1. The minimum atomic E-state index is -0.301. The molecule has 1 N–H and O–H groups in total. The molecule has 4 aromatic carbocycles. The predicted octanol–water partition coefficient (Wildman–Crippen LogP) is 8.28. The van der Waals surface area contributed by atoms with E-state index in [9.17, 15) is 9.18 Å². The summed E-state index contributed by atoms with van der Waals surface area (Å²) in [5, 5.41) is 21.9. The van der Waals surface area contributed by atoms with Crippen molar-refractivity contribution < 1.29 is 9.18 Å². The van der Waals surface area contributed by atoms with Crippen LogP contribution in [-0.2, 0) is 17.9 Å². The zero-order valence-electron chi connectivity index (χ0n) is 30.5. The molecule has 0 aliphatic heterocycles. The average molecular weight is 750 g/mol. The molecule has 6 aromatic heterocycles. The molecule has 12 nitrogen and oxygen atoms in total. The third kappa shape index (κ3) is 7.49. The third-order valence-electron chi connectivity index (χ3n) is 9.35. The van der Waals surface area contributed by atoms with Gasteiger partial charge in [0.25, 0.3) is 0 Å². The number of nitrogens with zero attached hydrogens (tertiary/aromatic N) is 10. The molecule has 10 aromatic rings. The molecule has 0 radical (unpaired) electrons. The van der Waals surface area contributed by atoms with Crippen LogP contribution in [0.1, 0.15) is 18.1 Å². The summed E-state index contributed by atoms with van der Waals surface area (Å²) in [4.78, 5) is 29.5. The lowest BCUT2D eigenvalue weighted by molar-refractivity contribution is -0.114. The molecule has 0 saturated heterocycles. The van der Waals surface area contributed by atoms with Crippen molar-refractivity contribution in [2.45, 2.75) is 20.0 Å². The SMILES string of the molecule is CC(=O)Nc1cccc(-c2ccc3nnn(Cc4ccc5ncccc5c4)c3n2)c1.Fc1ccccc1-c1ccc2nnn(Cc3ccc4ncccc4c3)c2n1. The van der Waals surface area contributed by atoms with Crippen LogP contribution in [0.15, 0.2) is 146 Å². The highest BCUT2D eigenvalue weighted by molar-refractivity contribution is 5.89. The van der Waals surface area contributed by atoms with E-state index in [1.165, 1.54) is 13.0 Å². The molecule has 0 spiro atoms. The number of pyridine rings is 4. The largest absolute Gasteiger partial charge is 0.326 e. The number of benzene rings is 4. The van der Waals surface area contributed by atoms with Crippen LogP contribution >= 0.6 is 0 Å². The Morgan fingerprint density at radius 2 is 1.18 bits per heavy atom. The minimum Gasteiger partial charge on any atom is -0.326 e. The van der Waals surface area contributed by atoms with Crippen molar-refractivity contribution in [2.24, 2.45) is 0 Å². The van der Waals surface area contributed by atoms with Crippen LogP contribution in [0.4, 0.5) is 10.1 Å². The second kappa shape index (κ2) is 15.1. The van der Waals surface area contributed by atoms with Crippen LogP contribution in [0.2, 0.25) is 0 Å². The number of carbonyl (C=O) groups excluding carboxylic acids is 1. The van der Waals surface area contributed by atoms with Crippen molar-refractivity contribution >= 4 is 55.7 Å². The van der Waals surface area contributed by atoms with Gasteiger partial charge in [0, 0.05) is 46.9 Å². The van der Waals surface area contributed by atoms with E-state index in [4.69, 9.17) is 4.98 Å². The number of rotatable bonds is 7. The molecule has 276 valence electrons. The summed E-state index contributed by atoms with van der Waals surface area (Å²) < 4.78 is 17.6. The first-order valence-electron chi connectivity index (χ1n) is 18.1. The maximum absolute atomic E-state index is 14.1. The molecule has 1 amide bonds. The Morgan fingerprint density at radius 1 is 0.596 bits per heavy atom. The first-order valence-corrected chi connectivity index (χ1v) is 18.1. The van der Waals surface area contributed by atoms with Crippen LogP contribution < -0.4 is 5.32 Å². The summed E-state index contributed by atoms with van der Waals surface area (Å²) in [5.41, 5.74) is 10.3. The van der Waals surface area contributed by atoms with Crippen LogP contribution in [0, 0.1) is 5.82 Å². The highest BCUT2D eigenvalue weighted by atomic mass is 19.1. The van der Waals surface area contributed by atoms with Gasteiger partial charge in [0.1, 0.15) is 16.9 Å². The van der Waals surface area contributed by atoms with Gasteiger partial charge in [-0.25, -0.2) is 23.7 Å². The second-order valence-electron chi connectivity index (χ2n) is 13.4. The molecule has 0 atom stereocenters.